The van der Waals surface area contributed by atoms with Gasteiger partial charge in [0.25, 0.3) is 0 Å². The first kappa shape index (κ1) is 13.9. The first-order valence-electron chi connectivity index (χ1n) is 6.64. The number of nitrogens with zero attached hydrogens (tertiary/aromatic N) is 1. The van der Waals surface area contributed by atoms with Crippen molar-refractivity contribution < 1.29 is 4.74 Å². The number of aromatic nitrogens is 1. The minimum atomic E-state index is 0.531. The van der Waals surface area contributed by atoms with Crippen molar-refractivity contribution in [2.45, 2.75) is 13.8 Å². The van der Waals surface area contributed by atoms with Crippen LogP contribution in [0.3, 0.4) is 0 Å². The number of nitrogen functional groups attached to an aromatic ring is 1. The Balaban J connectivity index is 2.20. The van der Waals surface area contributed by atoms with Crippen LogP contribution < -0.4 is 10.5 Å². The average Bonchev–Trinajstić information content (AvgIpc) is 2.45. The van der Waals surface area contributed by atoms with Gasteiger partial charge in [0.15, 0.2) is 5.75 Å². The van der Waals surface area contributed by atoms with Gasteiger partial charge in [-0.1, -0.05) is 34.1 Å². The third kappa shape index (κ3) is 2.59. The molecule has 1 heterocycles. The van der Waals surface area contributed by atoms with Crippen molar-refractivity contribution in [1.82, 2.24) is 4.98 Å². The first-order chi connectivity index (χ1) is 10.1. The second-order valence-electron chi connectivity index (χ2n) is 5.03. The summed E-state index contributed by atoms with van der Waals surface area (Å²) in [5.41, 5.74) is 9.62. The number of para-hydroxylation sites is 1. The number of ether oxygens (including phenoxy) is 1. The summed E-state index contributed by atoms with van der Waals surface area (Å²) in [6.07, 6.45) is 1.64. The highest BCUT2D eigenvalue weighted by atomic mass is 79.9. The van der Waals surface area contributed by atoms with E-state index in [9.17, 15) is 0 Å². The highest BCUT2D eigenvalue weighted by Crippen LogP contribution is 2.37. The van der Waals surface area contributed by atoms with Gasteiger partial charge in [-0.2, -0.15) is 0 Å². The zero-order chi connectivity index (χ0) is 15.0. The van der Waals surface area contributed by atoms with E-state index < -0.39 is 0 Å². The molecule has 3 aromatic rings. The monoisotopic (exact) mass is 342 g/mol. The Labute approximate surface area is 131 Å². The lowest BCUT2D eigenvalue weighted by molar-refractivity contribution is 0.482. The molecule has 0 radical (unpaired) electrons. The minimum absolute atomic E-state index is 0.531. The minimum Gasteiger partial charge on any atom is -0.454 e. The summed E-state index contributed by atoms with van der Waals surface area (Å²) in [6, 6.07) is 11.9. The van der Waals surface area contributed by atoms with Crippen molar-refractivity contribution in [2.24, 2.45) is 0 Å². The topological polar surface area (TPSA) is 48.1 Å². The van der Waals surface area contributed by atoms with Gasteiger partial charge in [0.1, 0.15) is 5.75 Å². The van der Waals surface area contributed by atoms with Crippen molar-refractivity contribution in [3.8, 4) is 11.5 Å². The number of hydrogen-bond donors (Lipinski definition) is 1. The molecule has 0 spiro atoms. The van der Waals surface area contributed by atoms with Crippen LogP contribution in [0.4, 0.5) is 5.69 Å². The molecule has 2 N–H and O–H groups in total. The molecule has 21 heavy (non-hydrogen) atoms. The van der Waals surface area contributed by atoms with Crippen LogP contribution in [-0.2, 0) is 0 Å². The van der Waals surface area contributed by atoms with Crippen LogP contribution in [0.1, 0.15) is 11.1 Å². The maximum atomic E-state index is 6.15. The zero-order valence-electron chi connectivity index (χ0n) is 11.9. The third-order valence-electron chi connectivity index (χ3n) is 3.42. The number of halogens is 1. The normalized spacial score (nSPS) is 10.8. The highest BCUT2D eigenvalue weighted by Gasteiger charge is 2.12. The molecule has 2 aromatic carbocycles. The van der Waals surface area contributed by atoms with E-state index in [1.807, 2.05) is 50.2 Å². The smallest absolute Gasteiger partial charge is 0.161 e. The van der Waals surface area contributed by atoms with Gasteiger partial charge in [-0.25, -0.2) is 0 Å². The molecule has 0 aliphatic heterocycles. The largest absolute Gasteiger partial charge is 0.454 e. The van der Waals surface area contributed by atoms with Gasteiger partial charge in [0.05, 0.1) is 17.4 Å². The Morgan fingerprint density at radius 3 is 2.48 bits per heavy atom. The van der Waals surface area contributed by atoms with Gasteiger partial charge >= 0.3 is 0 Å². The van der Waals surface area contributed by atoms with Gasteiger partial charge in [-0.15, -0.1) is 0 Å². The van der Waals surface area contributed by atoms with E-state index in [2.05, 4.69) is 20.9 Å². The second-order valence-corrected chi connectivity index (χ2v) is 5.94. The number of fused-ring (bicyclic) bond motifs is 1. The van der Waals surface area contributed by atoms with Crippen LogP contribution in [-0.4, -0.2) is 4.98 Å². The first-order valence-corrected chi connectivity index (χ1v) is 7.43. The van der Waals surface area contributed by atoms with E-state index in [0.29, 0.717) is 11.4 Å². The van der Waals surface area contributed by atoms with Gasteiger partial charge in [0.2, 0.25) is 0 Å². The van der Waals surface area contributed by atoms with Crippen LogP contribution in [0.15, 0.2) is 47.1 Å². The van der Waals surface area contributed by atoms with Gasteiger partial charge < -0.3 is 10.5 Å². The Kier molecular flexibility index (Phi) is 3.55. The van der Waals surface area contributed by atoms with E-state index in [1.165, 1.54) is 0 Å². The summed E-state index contributed by atoms with van der Waals surface area (Å²) in [4.78, 5) is 4.34. The van der Waals surface area contributed by atoms with Gasteiger partial charge in [-0.3, -0.25) is 4.98 Å². The van der Waals surface area contributed by atoms with E-state index in [4.69, 9.17) is 10.5 Å². The SMILES string of the molecule is Cc1cccc(C)c1Oc1c(N)cnc2ccc(Br)cc12. The number of rotatable bonds is 2. The zero-order valence-corrected chi connectivity index (χ0v) is 13.4. The summed E-state index contributed by atoms with van der Waals surface area (Å²) in [5, 5.41) is 0.895. The molecule has 0 aliphatic rings. The van der Waals surface area contributed by atoms with Crippen LogP contribution >= 0.6 is 15.9 Å². The number of benzene rings is 2. The van der Waals surface area contributed by atoms with Crippen molar-refractivity contribution in [3.05, 3.63) is 58.2 Å². The van der Waals surface area contributed by atoms with Crippen LogP contribution in [0.5, 0.6) is 11.5 Å². The van der Waals surface area contributed by atoms with Crippen molar-refractivity contribution >= 4 is 32.5 Å². The van der Waals surface area contributed by atoms with Crippen molar-refractivity contribution in [3.63, 3.8) is 0 Å². The maximum absolute atomic E-state index is 6.15. The average molecular weight is 343 g/mol. The van der Waals surface area contributed by atoms with E-state index in [-0.39, 0.29) is 0 Å². The lowest BCUT2D eigenvalue weighted by Gasteiger charge is -2.15. The maximum Gasteiger partial charge on any atom is 0.161 e. The molecular formula is C17H15BrN2O. The molecule has 0 atom stereocenters. The molecule has 0 aliphatic carbocycles. The van der Waals surface area contributed by atoms with Crippen LogP contribution in [0.25, 0.3) is 10.9 Å². The van der Waals surface area contributed by atoms with E-state index in [1.54, 1.807) is 6.20 Å². The second kappa shape index (κ2) is 5.37. The third-order valence-corrected chi connectivity index (χ3v) is 3.91. The molecule has 106 valence electrons. The summed E-state index contributed by atoms with van der Waals surface area (Å²) in [5.74, 6) is 1.50. The van der Waals surface area contributed by atoms with Crippen molar-refractivity contribution in [2.75, 3.05) is 5.73 Å². The molecule has 0 saturated carbocycles. The molecule has 4 heteroatoms. The quantitative estimate of drug-likeness (QED) is 0.713. The molecule has 0 bridgehead atoms. The fraction of sp³-hybridized carbons (Fsp3) is 0.118. The molecule has 0 unspecified atom stereocenters. The summed E-state index contributed by atoms with van der Waals surface area (Å²) in [6.45, 7) is 4.05. The van der Waals surface area contributed by atoms with Crippen LogP contribution in [0.2, 0.25) is 0 Å². The standard InChI is InChI=1S/C17H15BrN2O/c1-10-4-3-5-11(2)16(10)21-17-13-8-12(18)6-7-15(13)20-9-14(17)19/h3-9H,19H2,1-2H3. The van der Waals surface area contributed by atoms with Crippen molar-refractivity contribution in [1.29, 1.82) is 0 Å². The number of pyridine rings is 1. The summed E-state index contributed by atoms with van der Waals surface area (Å²) >= 11 is 3.48. The number of anilines is 1. The number of nitrogens with two attached hydrogens (primary N) is 1. The summed E-state index contributed by atoms with van der Waals surface area (Å²) in [7, 11) is 0. The number of hydrogen-bond acceptors (Lipinski definition) is 3. The fourth-order valence-electron chi connectivity index (χ4n) is 2.33. The lowest BCUT2D eigenvalue weighted by atomic mass is 10.1. The van der Waals surface area contributed by atoms with E-state index in [0.717, 1.165) is 32.3 Å². The molecule has 3 rings (SSSR count). The Hall–Kier alpha value is -2.07. The molecule has 0 saturated heterocycles. The predicted octanol–water partition coefficient (Wildman–Crippen LogP) is 4.99. The van der Waals surface area contributed by atoms with Gasteiger partial charge in [0, 0.05) is 9.86 Å². The fourth-order valence-corrected chi connectivity index (χ4v) is 2.69. The van der Waals surface area contributed by atoms with Crippen LogP contribution in [0, 0.1) is 13.8 Å². The molecular weight excluding hydrogens is 328 g/mol. The highest BCUT2D eigenvalue weighted by molar-refractivity contribution is 9.10. The molecule has 1 aromatic heterocycles. The molecule has 0 amide bonds. The van der Waals surface area contributed by atoms with E-state index >= 15 is 0 Å². The Bertz CT molecular complexity index is 805. The number of aryl methyl sites for hydroxylation is 2. The predicted molar refractivity (Wildman–Crippen MR) is 89.8 cm³/mol. The summed E-state index contributed by atoms with van der Waals surface area (Å²) < 4.78 is 7.12. The molecule has 0 fully saturated rings. The van der Waals surface area contributed by atoms with Gasteiger partial charge in [-0.05, 0) is 43.2 Å². The Morgan fingerprint density at radius 2 is 1.76 bits per heavy atom. The Morgan fingerprint density at radius 1 is 1.05 bits per heavy atom. The molecule has 3 nitrogen and oxygen atoms in total. The lowest BCUT2D eigenvalue weighted by Crippen LogP contribution is -1.97.